The van der Waals surface area contributed by atoms with Crippen molar-refractivity contribution in [1.29, 1.82) is 0 Å². The van der Waals surface area contributed by atoms with Gasteiger partial charge in [-0.3, -0.25) is 0 Å². The molecule has 27 heavy (non-hydrogen) atoms. The Kier molecular flexibility index (Phi) is 1.02. The molecule has 10 rings (SSSR count). The molecule has 0 bridgehead atoms. The van der Waals surface area contributed by atoms with Gasteiger partial charge in [-0.15, -0.1) is 0 Å². The predicted octanol–water partition coefficient (Wildman–Crippen LogP) is 7.16. The van der Waals surface area contributed by atoms with Crippen LogP contribution in [0.25, 0.3) is 0 Å². The average Bonchev–Trinajstić information content (AvgIpc) is 3.61. The second-order valence-corrected chi connectivity index (χ2v) is 38.4. The van der Waals surface area contributed by atoms with Gasteiger partial charge in [0.2, 0.25) is 0 Å². The Bertz CT molecular complexity index is 1160. The van der Waals surface area contributed by atoms with E-state index in [4.69, 9.17) is 0 Å². The molecule has 10 saturated heterocycles. The summed E-state index contributed by atoms with van der Waals surface area (Å²) in [5, 5.41) is 2.11. The standard InChI is InChI=1S/C17H23Br2O2.C5H5.Fe/c18-12-5-1-3-10-16(20)14-8-7-9-15(14)17(21)11-4-2-6-13-19;1-2-4-5-3-1;/h7-9H,1-6,10-13H2;1-5H;. The summed E-state index contributed by atoms with van der Waals surface area (Å²) in [6.07, 6.45) is 8.50. The van der Waals surface area contributed by atoms with Crippen molar-refractivity contribution < 1.29 is 16.1 Å². The number of carbonyl (C=O) groups is 2. The summed E-state index contributed by atoms with van der Waals surface area (Å²) in [7, 11) is 0. The average molecular weight is 540 g/mol. The fourth-order valence-corrected chi connectivity index (χ4v) is 96.4. The van der Waals surface area contributed by atoms with Gasteiger partial charge >= 0.3 is 169 Å². The van der Waals surface area contributed by atoms with E-state index in [0.29, 0.717) is 11.6 Å². The van der Waals surface area contributed by atoms with E-state index < -0.39 is 6.51 Å². The maximum absolute atomic E-state index is 13.9. The first-order chi connectivity index (χ1) is 12.9. The molecule has 4 atom stereocenters. The fourth-order valence-electron chi connectivity index (χ4n) is 19.6. The third-order valence-corrected chi connectivity index (χ3v) is 61.7. The first-order valence-electron chi connectivity index (χ1n) is 11.3. The predicted molar refractivity (Wildman–Crippen MR) is 110 cm³/mol. The summed E-state index contributed by atoms with van der Waals surface area (Å²) in [6.45, 7) is -3.84. The van der Waals surface area contributed by atoms with Crippen molar-refractivity contribution in [2.75, 3.05) is 10.7 Å². The summed E-state index contributed by atoms with van der Waals surface area (Å²) in [5.41, 5.74) is 0. The van der Waals surface area contributed by atoms with Crippen molar-refractivity contribution in [1.82, 2.24) is 0 Å². The number of fused-ring (bicyclic) bond motifs is 10. The van der Waals surface area contributed by atoms with E-state index in [9.17, 15) is 9.59 Å². The summed E-state index contributed by atoms with van der Waals surface area (Å²) in [4.78, 5) is 35.9. The maximum atomic E-state index is 13.9. The third-order valence-electron chi connectivity index (χ3n) is 17.7. The Morgan fingerprint density at radius 3 is 1.33 bits per heavy atom. The monoisotopic (exact) mass is 538 g/mol. The second kappa shape index (κ2) is 1.87. The number of Topliss-reactive ketones (excluding diaryl/α,β-unsaturated/α-hetero) is 2. The zero-order valence-corrected chi connectivity index (χ0v) is 19.9. The van der Waals surface area contributed by atoms with Crippen LogP contribution in [0.2, 0.25) is 47.2 Å². The van der Waals surface area contributed by atoms with Crippen LogP contribution in [0, 0.1) is 0 Å². The van der Waals surface area contributed by atoms with Gasteiger partial charge in [-0.25, -0.2) is 0 Å². The molecule has 2 nitrogen and oxygen atoms in total. The van der Waals surface area contributed by atoms with Crippen LogP contribution in [-0.2, 0) is 16.1 Å². The van der Waals surface area contributed by atoms with Crippen molar-refractivity contribution in [3.63, 3.8) is 0 Å². The summed E-state index contributed by atoms with van der Waals surface area (Å²) in [5.74, 6) is 1.35. The molecule has 0 radical (unpaired) electrons. The van der Waals surface area contributed by atoms with Crippen molar-refractivity contribution in [3.05, 3.63) is 0 Å². The quantitative estimate of drug-likeness (QED) is 0.150. The molecule has 4 unspecified atom stereocenters. The first kappa shape index (κ1) is 14.8. The van der Waals surface area contributed by atoms with Crippen LogP contribution in [0.15, 0.2) is 0 Å². The van der Waals surface area contributed by atoms with Gasteiger partial charge in [0.1, 0.15) is 0 Å². The molecule has 0 aromatic heterocycles. The van der Waals surface area contributed by atoms with Crippen molar-refractivity contribution in [3.8, 4) is 0 Å². The number of ketones is 2. The molecule has 0 amide bonds. The van der Waals surface area contributed by atoms with Gasteiger partial charge in [0.15, 0.2) is 0 Å². The molecule has 10 heterocycles. The minimum atomic E-state index is -3.84. The number of rotatable bonds is 12. The molecule has 0 saturated carbocycles. The number of halogens is 2. The number of alkyl halides is 2. The number of hydrogen-bond donors (Lipinski definition) is 0. The number of hydrogen-bond acceptors (Lipinski definition) is 2. The zero-order chi connectivity index (χ0) is 18.2. The van der Waals surface area contributed by atoms with Crippen molar-refractivity contribution >= 4 is 43.4 Å². The molecular formula is C22H28Br2FeO2. The first-order valence-corrected chi connectivity index (χ1v) is 19.7. The molecule has 5 heteroatoms. The van der Waals surface area contributed by atoms with E-state index in [-0.39, 0.29) is 8.63 Å². The van der Waals surface area contributed by atoms with Crippen molar-refractivity contribution in [2.24, 2.45) is 0 Å². The Morgan fingerprint density at radius 2 is 1.04 bits per heavy atom. The normalized spacial score (nSPS) is 82.0. The van der Waals surface area contributed by atoms with E-state index in [1.54, 1.807) is 0 Å². The second-order valence-electron chi connectivity index (χ2n) is 13.6. The van der Waals surface area contributed by atoms with Crippen LogP contribution in [0.5, 0.6) is 0 Å². The third kappa shape index (κ3) is 0.261. The molecule has 1 spiro atoms. The van der Waals surface area contributed by atoms with Crippen LogP contribution in [0.1, 0.15) is 51.4 Å². The number of carbonyl (C=O) groups excluding carboxylic acids is 2. The van der Waals surface area contributed by atoms with Crippen molar-refractivity contribution in [2.45, 2.75) is 98.5 Å². The van der Waals surface area contributed by atoms with Crippen LogP contribution in [-0.4, -0.2) is 22.2 Å². The van der Waals surface area contributed by atoms with E-state index in [2.05, 4.69) is 31.9 Å². The fraction of sp³-hybridized carbons (Fsp3) is 0.909. The van der Waals surface area contributed by atoms with E-state index in [0.717, 1.165) is 74.9 Å². The van der Waals surface area contributed by atoms with Crippen LogP contribution >= 0.6 is 31.9 Å². The Labute approximate surface area is 167 Å². The van der Waals surface area contributed by atoms with Gasteiger partial charge in [0.05, 0.1) is 0 Å². The Hall–Kier alpha value is 0.819. The van der Waals surface area contributed by atoms with Gasteiger partial charge in [-0.2, -0.15) is 0 Å². The van der Waals surface area contributed by atoms with Gasteiger partial charge in [0.25, 0.3) is 0 Å². The van der Waals surface area contributed by atoms with E-state index in [1.807, 2.05) is 0 Å². The van der Waals surface area contributed by atoms with Gasteiger partial charge in [-0.1, -0.05) is 0 Å². The SMILES string of the molecule is O=C(CCCCCBr)[C]12[CH]3[CH]4[CH]5[C]1(C(=O)CCCCCBr)[Fe]43521678[CH]2[CH]1[CH]6[CH]7[CH]28. The Balaban J connectivity index is 1.09. The van der Waals surface area contributed by atoms with Gasteiger partial charge in [0, 0.05) is 0 Å². The summed E-state index contributed by atoms with van der Waals surface area (Å²) in [6, 6.07) is 0. The van der Waals surface area contributed by atoms with Crippen LogP contribution in [0.3, 0.4) is 0 Å². The molecule has 10 aliphatic rings. The molecule has 10 aliphatic heterocycles. The van der Waals surface area contributed by atoms with E-state index >= 15 is 0 Å². The minimum absolute atomic E-state index is 0.104. The molecule has 0 N–H and O–H groups in total. The molecule has 0 aromatic carbocycles. The topological polar surface area (TPSA) is 34.1 Å². The molecule has 150 valence electrons. The van der Waals surface area contributed by atoms with Crippen LogP contribution < -0.4 is 0 Å². The summed E-state index contributed by atoms with van der Waals surface area (Å²) >= 11 is 7.05. The van der Waals surface area contributed by atoms with Gasteiger partial charge < -0.3 is 0 Å². The molecule has 0 aliphatic carbocycles. The Morgan fingerprint density at radius 1 is 0.630 bits per heavy atom. The van der Waals surface area contributed by atoms with E-state index in [1.165, 1.54) is 25.7 Å². The molecule has 10 fully saturated rings. The summed E-state index contributed by atoms with van der Waals surface area (Å²) < 4.78 is 0.208. The zero-order valence-electron chi connectivity index (χ0n) is 15.6. The molecular weight excluding hydrogens is 512 g/mol. The number of unbranched alkanes of at least 4 members (excludes halogenated alkanes) is 4. The molecule has 0 aromatic rings. The van der Waals surface area contributed by atoms with Gasteiger partial charge in [-0.05, 0) is 0 Å². The van der Waals surface area contributed by atoms with Crippen LogP contribution in [0.4, 0.5) is 0 Å².